The quantitative estimate of drug-likeness (QED) is 0.885. The molecule has 21 heavy (non-hydrogen) atoms. The van der Waals surface area contributed by atoms with Crippen LogP contribution >= 0.6 is 11.6 Å². The second-order valence-corrected chi connectivity index (χ2v) is 6.75. The van der Waals surface area contributed by atoms with Gasteiger partial charge >= 0.3 is 0 Å². The molecule has 0 aromatic heterocycles. The Morgan fingerprint density at radius 2 is 1.67 bits per heavy atom. The summed E-state index contributed by atoms with van der Waals surface area (Å²) in [6.07, 6.45) is 2.40. The number of benzene rings is 2. The number of hydrogen-bond acceptors (Lipinski definition) is 2. The van der Waals surface area contributed by atoms with Crippen LogP contribution in [0.4, 0.5) is 0 Å². The highest BCUT2D eigenvalue weighted by atomic mass is 35.5. The fourth-order valence-electron chi connectivity index (χ4n) is 1.85. The number of hydrogen-bond donors (Lipinski definition) is 1. The zero-order valence-corrected chi connectivity index (χ0v) is 13.0. The molecule has 0 aliphatic rings. The van der Waals surface area contributed by atoms with E-state index in [-0.39, 0.29) is 4.90 Å². The summed E-state index contributed by atoms with van der Waals surface area (Å²) in [6.45, 7) is 4.04. The Morgan fingerprint density at radius 3 is 2.24 bits per heavy atom. The van der Waals surface area contributed by atoms with Gasteiger partial charge in [0.15, 0.2) is 0 Å². The van der Waals surface area contributed by atoms with Crippen LogP contribution in [-0.2, 0) is 16.4 Å². The van der Waals surface area contributed by atoms with Gasteiger partial charge in [-0.3, -0.25) is 0 Å². The standard InChI is InChI=1S/C16H16ClNO2S/c1-2-13-3-5-14(6-4-13)11-12-18-21(19,20)16-9-7-15(17)8-10-16/h2-10,18H,1,11-12H2. The van der Waals surface area contributed by atoms with Gasteiger partial charge in [0.25, 0.3) is 0 Å². The van der Waals surface area contributed by atoms with E-state index >= 15 is 0 Å². The van der Waals surface area contributed by atoms with Crippen molar-refractivity contribution in [3.05, 3.63) is 71.3 Å². The van der Waals surface area contributed by atoms with E-state index in [2.05, 4.69) is 11.3 Å². The fourth-order valence-corrected chi connectivity index (χ4v) is 3.01. The lowest BCUT2D eigenvalue weighted by Crippen LogP contribution is -2.25. The summed E-state index contributed by atoms with van der Waals surface area (Å²) in [5, 5.41) is 0.510. The molecule has 0 bridgehead atoms. The smallest absolute Gasteiger partial charge is 0.211 e. The van der Waals surface area contributed by atoms with Gasteiger partial charge in [0.1, 0.15) is 0 Å². The van der Waals surface area contributed by atoms with Crippen molar-refractivity contribution in [2.24, 2.45) is 0 Å². The molecule has 0 fully saturated rings. The van der Waals surface area contributed by atoms with E-state index in [9.17, 15) is 8.42 Å². The molecule has 0 atom stereocenters. The van der Waals surface area contributed by atoms with Crippen LogP contribution < -0.4 is 4.72 Å². The van der Waals surface area contributed by atoms with Gasteiger partial charge in [-0.15, -0.1) is 0 Å². The van der Waals surface area contributed by atoms with E-state index in [0.29, 0.717) is 18.0 Å². The van der Waals surface area contributed by atoms with Gasteiger partial charge in [-0.25, -0.2) is 13.1 Å². The summed E-state index contributed by atoms with van der Waals surface area (Å²) < 4.78 is 26.7. The monoisotopic (exact) mass is 321 g/mol. The van der Waals surface area contributed by atoms with Crippen LogP contribution in [0.5, 0.6) is 0 Å². The molecule has 0 spiro atoms. The van der Waals surface area contributed by atoms with E-state index in [1.54, 1.807) is 18.2 Å². The van der Waals surface area contributed by atoms with E-state index in [0.717, 1.165) is 11.1 Å². The maximum atomic E-state index is 12.1. The van der Waals surface area contributed by atoms with Crippen LogP contribution in [0.25, 0.3) is 6.08 Å². The van der Waals surface area contributed by atoms with Gasteiger partial charge < -0.3 is 0 Å². The van der Waals surface area contributed by atoms with Crippen LogP contribution in [0, 0.1) is 0 Å². The molecule has 1 N–H and O–H groups in total. The van der Waals surface area contributed by atoms with Crippen molar-refractivity contribution in [1.29, 1.82) is 0 Å². The molecular weight excluding hydrogens is 306 g/mol. The van der Waals surface area contributed by atoms with Crippen molar-refractivity contribution in [1.82, 2.24) is 4.72 Å². The predicted octanol–water partition coefficient (Wildman–Crippen LogP) is 3.50. The average molecular weight is 322 g/mol. The molecule has 0 aliphatic carbocycles. The van der Waals surface area contributed by atoms with E-state index < -0.39 is 10.0 Å². The summed E-state index contributed by atoms with van der Waals surface area (Å²) in [7, 11) is -3.48. The molecule has 2 rings (SSSR count). The number of rotatable bonds is 6. The van der Waals surface area contributed by atoms with Gasteiger partial charge in [-0.2, -0.15) is 0 Å². The molecule has 2 aromatic carbocycles. The van der Waals surface area contributed by atoms with Crippen molar-refractivity contribution in [2.45, 2.75) is 11.3 Å². The minimum atomic E-state index is -3.48. The summed E-state index contributed by atoms with van der Waals surface area (Å²) in [5.74, 6) is 0. The minimum absolute atomic E-state index is 0.217. The molecule has 0 saturated heterocycles. The second kappa shape index (κ2) is 6.89. The van der Waals surface area contributed by atoms with Gasteiger partial charge in [0, 0.05) is 11.6 Å². The summed E-state index contributed by atoms with van der Waals surface area (Å²) >= 11 is 5.75. The fraction of sp³-hybridized carbons (Fsp3) is 0.125. The highest BCUT2D eigenvalue weighted by molar-refractivity contribution is 7.89. The molecular formula is C16H16ClNO2S. The van der Waals surface area contributed by atoms with Crippen LogP contribution in [0.1, 0.15) is 11.1 Å². The zero-order chi connectivity index (χ0) is 15.3. The number of nitrogens with one attached hydrogen (secondary N) is 1. The van der Waals surface area contributed by atoms with Crippen molar-refractivity contribution in [3.63, 3.8) is 0 Å². The van der Waals surface area contributed by atoms with Crippen LogP contribution in [0.15, 0.2) is 60.0 Å². The molecule has 110 valence electrons. The highest BCUT2D eigenvalue weighted by Crippen LogP contribution is 2.14. The Kier molecular flexibility index (Phi) is 5.17. The SMILES string of the molecule is C=Cc1ccc(CCNS(=O)(=O)c2ccc(Cl)cc2)cc1. The topological polar surface area (TPSA) is 46.2 Å². The van der Waals surface area contributed by atoms with Crippen LogP contribution in [0.2, 0.25) is 5.02 Å². The maximum Gasteiger partial charge on any atom is 0.240 e. The molecule has 3 nitrogen and oxygen atoms in total. The van der Waals surface area contributed by atoms with Crippen molar-refractivity contribution in [2.75, 3.05) is 6.54 Å². The molecule has 0 saturated carbocycles. The largest absolute Gasteiger partial charge is 0.240 e. The number of sulfonamides is 1. The Labute approximate surface area is 130 Å². The highest BCUT2D eigenvalue weighted by Gasteiger charge is 2.12. The average Bonchev–Trinajstić information content (AvgIpc) is 2.48. The third kappa shape index (κ3) is 4.43. The first-order chi connectivity index (χ1) is 10.0. The third-order valence-corrected chi connectivity index (χ3v) is 4.77. The first-order valence-corrected chi connectivity index (χ1v) is 8.34. The maximum absolute atomic E-state index is 12.1. The molecule has 5 heteroatoms. The minimum Gasteiger partial charge on any atom is -0.211 e. The van der Waals surface area contributed by atoms with Crippen molar-refractivity contribution >= 4 is 27.7 Å². The molecule has 0 radical (unpaired) electrons. The normalized spacial score (nSPS) is 11.3. The summed E-state index contributed by atoms with van der Waals surface area (Å²) in [4.78, 5) is 0.217. The zero-order valence-electron chi connectivity index (χ0n) is 11.4. The molecule has 0 amide bonds. The van der Waals surface area contributed by atoms with Gasteiger partial charge in [0.2, 0.25) is 10.0 Å². The van der Waals surface area contributed by atoms with E-state index in [1.165, 1.54) is 12.1 Å². The Balaban J connectivity index is 1.95. The Bertz CT molecular complexity index is 707. The third-order valence-electron chi connectivity index (χ3n) is 3.05. The lowest BCUT2D eigenvalue weighted by atomic mass is 10.1. The van der Waals surface area contributed by atoms with Crippen LogP contribution in [0.3, 0.4) is 0 Å². The lowest BCUT2D eigenvalue weighted by Gasteiger charge is -2.07. The van der Waals surface area contributed by atoms with Crippen molar-refractivity contribution < 1.29 is 8.42 Å². The lowest BCUT2D eigenvalue weighted by molar-refractivity contribution is 0.581. The second-order valence-electron chi connectivity index (χ2n) is 4.55. The summed E-state index contributed by atoms with van der Waals surface area (Å²) in [5.41, 5.74) is 2.11. The predicted molar refractivity (Wildman–Crippen MR) is 86.9 cm³/mol. The van der Waals surface area contributed by atoms with Crippen molar-refractivity contribution in [3.8, 4) is 0 Å². The first-order valence-electron chi connectivity index (χ1n) is 6.48. The van der Waals surface area contributed by atoms with Crippen LogP contribution in [-0.4, -0.2) is 15.0 Å². The molecule has 0 aliphatic heterocycles. The van der Waals surface area contributed by atoms with Gasteiger partial charge in [0.05, 0.1) is 4.90 Å². The van der Waals surface area contributed by atoms with E-state index in [4.69, 9.17) is 11.6 Å². The van der Waals surface area contributed by atoms with Gasteiger partial charge in [-0.1, -0.05) is 48.5 Å². The van der Waals surface area contributed by atoms with Gasteiger partial charge in [-0.05, 0) is 41.8 Å². The number of halogens is 1. The van der Waals surface area contributed by atoms with E-state index in [1.807, 2.05) is 24.3 Å². The molecule has 2 aromatic rings. The Hall–Kier alpha value is -1.62. The summed E-state index contributed by atoms with van der Waals surface area (Å²) in [6, 6.07) is 13.9. The first kappa shape index (κ1) is 15.8. The molecule has 0 unspecified atom stereocenters. The Morgan fingerprint density at radius 1 is 1.05 bits per heavy atom. The molecule has 0 heterocycles.